The molecule has 0 saturated carbocycles. The van der Waals surface area contributed by atoms with E-state index in [-0.39, 0.29) is 12.3 Å². The minimum atomic E-state index is -0.877. The number of carbonyl (C=O) groups is 3. The number of amides is 2. The summed E-state index contributed by atoms with van der Waals surface area (Å²) >= 11 is 1.41. The van der Waals surface area contributed by atoms with Crippen LogP contribution < -0.4 is 11.1 Å². The Morgan fingerprint density at radius 2 is 1.70 bits per heavy atom. The summed E-state index contributed by atoms with van der Waals surface area (Å²) in [6.07, 6.45) is 4.55. The van der Waals surface area contributed by atoms with Gasteiger partial charge in [0.2, 0.25) is 11.7 Å². The van der Waals surface area contributed by atoms with Gasteiger partial charge in [-0.05, 0) is 38.9 Å². The minimum Gasteiger partial charge on any atom is -0.363 e. The molecule has 30 heavy (non-hydrogen) atoms. The van der Waals surface area contributed by atoms with Gasteiger partial charge in [0.15, 0.2) is 5.13 Å². The van der Waals surface area contributed by atoms with Gasteiger partial charge in [0.05, 0.1) is 5.69 Å². The van der Waals surface area contributed by atoms with Crippen LogP contribution in [0.15, 0.2) is 29.6 Å². The van der Waals surface area contributed by atoms with Crippen LogP contribution >= 0.6 is 11.3 Å². The van der Waals surface area contributed by atoms with Gasteiger partial charge in [0.1, 0.15) is 0 Å². The van der Waals surface area contributed by atoms with E-state index in [1.807, 2.05) is 5.38 Å². The van der Waals surface area contributed by atoms with Gasteiger partial charge in [-0.3, -0.25) is 14.4 Å². The van der Waals surface area contributed by atoms with Crippen molar-refractivity contribution in [3.05, 3.63) is 35.2 Å². The first-order chi connectivity index (χ1) is 14.3. The number of rotatable bonds is 13. The highest BCUT2D eigenvalue weighted by atomic mass is 32.1. The van der Waals surface area contributed by atoms with Crippen LogP contribution in [-0.2, 0) is 20.8 Å². The third kappa shape index (κ3) is 8.42. The first-order valence-electron chi connectivity index (χ1n) is 10.2. The number of Topliss-reactive ketones (excluding diaryl/α,β-unsaturated/α-hetero) is 1. The molecular weight excluding hydrogens is 400 g/mol. The van der Waals surface area contributed by atoms with Gasteiger partial charge in [0, 0.05) is 30.3 Å². The zero-order chi connectivity index (χ0) is 21.9. The number of anilines is 1. The lowest BCUT2D eigenvalue weighted by Gasteiger charge is -2.09. The van der Waals surface area contributed by atoms with Crippen LogP contribution in [0.5, 0.6) is 0 Å². The third-order valence-corrected chi connectivity index (χ3v) is 5.44. The molecule has 0 fully saturated rings. The summed E-state index contributed by atoms with van der Waals surface area (Å²) in [6.45, 7) is 1.01. The van der Waals surface area contributed by atoms with Crippen molar-refractivity contribution in [2.75, 3.05) is 26.0 Å². The van der Waals surface area contributed by atoms with E-state index in [1.54, 1.807) is 0 Å². The van der Waals surface area contributed by atoms with Crippen molar-refractivity contribution in [2.24, 2.45) is 5.73 Å². The van der Waals surface area contributed by atoms with Gasteiger partial charge in [-0.1, -0.05) is 37.1 Å². The monoisotopic (exact) mass is 430 g/mol. The van der Waals surface area contributed by atoms with Gasteiger partial charge in [-0.15, -0.1) is 11.3 Å². The molecular formula is C22H30N4O3S. The van der Waals surface area contributed by atoms with E-state index in [1.165, 1.54) is 16.9 Å². The normalized spacial score (nSPS) is 10.9. The molecule has 1 aromatic heterocycles. The van der Waals surface area contributed by atoms with E-state index in [9.17, 15) is 14.4 Å². The highest BCUT2D eigenvalue weighted by molar-refractivity contribution is 7.14. The van der Waals surface area contributed by atoms with Crippen molar-refractivity contribution in [1.29, 1.82) is 0 Å². The van der Waals surface area contributed by atoms with Gasteiger partial charge >= 0.3 is 0 Å². The van der Waals surface area contributed by atoms with Crippen LogP contribution in [0.25, 0.3) is 11.3 Å². The quantitative estimate of drug-likeness (QED) is 0.375. The van der Waals surface area contributed by atoms with E-state index in [0.717, 1.165) is 43.5 Å². The lowest BCUT2D eigenvalue weighted by atomic mass is 10.1. The third-order valence-electron chi connectivity index (χ3n) is 4.68. The zero-order valence-corrected chi connectivity index (χ0v) is 18.5. The molecule has 1 heterocycles. The average Bonchev–Trinajstić information content (AvgIpc) is 3.17. The topological polar surface area (TPSA) is 105 Å². The van der Waals surface area contributed by atoms with Gasteiger partial charge in [0.25, 0.3) is 5.91 Å². The van der Waals surface area contributed by atoms with E-state index >= 15 is 0 Å². The van der Waals surface area contributed by atoms with Crippen LogP contribution in [0.2, 0.25) is 0 Å². The first-order valence-corrected chi connectivity index (χ1v) is 11.0. The second-order valence-corrected chi connectivity index (χ2v) is 8.40. The van der Waals surface area contributed by atoms with E-state index in [0.29, 0.717) is 18.0 Å². The lowest BCUT2D eigenvalue weighted by Crippen LogP contribution is -2.22. The summed E-state index contributed by atoms with van der Waals surface area (Å²) in [4.78, 5) is 40.5. The van der Waals surface area contributed by atoms with Crippen molar-refractivity contribution in [3.8, 4) is 11.3 Å². The number of nitrogens with two attached hydrogens (primary N) is 1. The Morgan fingerprint density at radius 1 is 1.03 bits per heavy atom. The summed E-state index contributed by atoms with van der Waals surface area (Å²) in [5, 5.41) is 5.39. The fourth-order valence-electron chi connectivity index (χ4n) is 2.89. The summed E-state index contributed by atoms with van der Waals surface area (Å²) in [7, 11) is 4.13. The molecule has 0 bridgehead atoms. The maximum atomic E-state index is 12.1. The van der Waals surface area contributed by atoms with Crippen molar-refractivity contribution in [1.82, 2.24) is 9.88 Å². The maximum Gasteiger partial charge on any atom is 0.284 e. The molecule has 0 radical (unpaired) electrons. The second kappa shape index (κ2) is 12.2. The second-order valence-electron chi connectivity index (χ2n) is 7.54. The number of thiazole rings is 1. The number of carbonyl (C=O) groups excluding carboxylic acids is 3. The molecule has 1 aromatic carbocycles. The Morgan fingerprint density at radius 3 is 2.33 bits per heavy atom. The predicted molar refractivity (Wildman–Crippen MR) is 120 cm³/mol. The molecule has 2 rings (SSSR count). The molecule has 0 aliphatic carbocycles. The smallest absolute Gasteiger partial charge is 0.284 e. The van der Waals surface area contributed by atoms with Crippen molar-refractivity contribution >= 4 is 34.1 Å². The molecule has 0 saturated heterocycles. The Hall–Kier alpha value is -2.58. The van der Waals surface area contributed by atoms with Crippen molar-refractivity contribution in [3.63, 3.8) is 0 Å². The molecule has 0 aliphatic rings. The van der Waals surface area contributed by atoms with Gasteiger partial charge in [-0.2, -0.15) is 0 Å². The zero-order valence-electron chi connectivity index (χ0n) is 17.6. The number of hydrogen-bond acceptors (Lipinski definition) is 6. The molecule has 8 heteroatoms. The number of likely N-dealkylation sites (N-methyl/N-ethyl adjacent to an activating group) is 1. The lowest BCUT2D eigenvalue weighted by molar-refractivity contribution is -0.136. The molecule has 0 unspecified atom stereocenters. The van der Waals surface area contributed by atoms with E-state index in [2.05, 4.69) is 53.6 Å². The van der Waals surface area contributed by atoms with Crippen molar-refractivity contribution < 1.29 is 14.4 Å². The maximum absolute atomic E-state index is 12.1. The number of benzene rings is 1. The minimum absolute atomic E-state index is 0.0665. The fourth-order valence-corrected chi connectivity index (χ4v) is 3.62. The highest BCUT2D eigenvalue weighted by Gasteiger charge is 2.10. The van der Waals surface area contributed by atoms with Crippen LogP contribution in [-0.4, -0.2) is 48.1 Å². The molecule has 2 aromatic rings. The molecule has 0 spiro atoms. The Labute approximate surface area is 181 Å². The van der Waals surface area contributed by atoms with Crippen LogP contribution in [0.3, 0.4) is 0 Å². The van der Waals surface area contributed by atoms with Gasteiger partial charge < -0.3 is 16.0 Å². The van der Waals surface area contributed by atoms with Gasteiger partial charge in [-0.25, -0.2) is 4.98 Å². The summed E-state index contributed by atoms with van der Waals surface area (Å²) in [6, 6.07) is 8.37. The molecule has 2 amide bonds. The summed E-state index contributed by atoms with van der Waals surface area (Å²) in [5.74, 6) is -1.48. The molecule has 0 atom stereocenters. The molecule has 0 aliphatic heterocycles. The van der Waals surface area contributed by atoms with Crippen LogP contribution in [0, 0.1) is 0 Å². The molecule has 7 nitrogen and oxygen atoms in total. The van der Waals surface area contributed by atoms with E-state index in [4.69, 9.17) is 5.73 Å². The Kier molecular flexibility index (Phi) is 9.63. The molecule has 3 N–H and O–H groups in total. The Balaban J connectivity index is 1.71. The largest absolute Gasteiger partial charge is 0.363 e. The van der Waals surface area contributed by atoms with Crippen LogP contribution in [0.1, 0.15) is 44.1 Å². The fraction of sp³-hybridized carbons (Fsp3) is 0.455. The molecule has 162 valence electrons. The Bertz CT molecular complexity index is 846. The summed E-state index contributed by atoms with van der Waals surface area (Å²) in [5.41, 5.74) is 8.08. The number of aromatic nitrogens is 1. The number of unbranched alkanes of at least 4 members (excludes halogenated alkanes) is 3. The first kappa shape index (κ1) is 23.7. The van der Waals surface area contributed by atoms with Crippen LogP contribution in [0.4, 0.5) is 5.13 Å². The SMILES string of the molecule is CN(C)CCc1ccc(-c2csc(NC(=O)CCCCCCC(=O)C(N)=O)n2)cc1. The average molecular weight is 431 g/mol. The number of nitrogens with zero attached hydrogens (tertiary/aromatic N) is 2. The number of hydrogen-bond donors (Lipinski definition) is 2. The summed E-state index contributed by atoms with van der Waals surface area (Å²) < 4.78 is 0. The number of nitrogens with one attached hydrogen (secondary N) is 1. The standard InChI is InChI=1S/C22H30N4O3S/c1-26(2)14-13-16-9-11-17(12-10-16)18-15-30-22(24-18)25-20(28)8-6-4-3-5-7-19(27)21(23)29/h9-12,15H,3-8,13-14H2,1-2H3,(H2,23,29)(H,24,25,28). The highest BCUT2D eigenvalue weighted by Crippen LogP contribution is 2.25. The number of primary amides is 1. The number of ketones is 1. The van der Waals surface area contributed by atoms with Crippen molar-refractivity contribution in [2.45, 2.75) is 44.9 Å². The van der Waals surface area contributed by atoms with E-state index < -0.39 is 11.7 Å². The predicted octanol–water partition coefficient (Wildman–Crippen LogP) is 3.25.